The average Bonchev–Trinajstić information content (AvgIpc) is 3.23. The van der Waals surface area contributed by atoms with Crippen LogP contribution in [0.2, 0.25) is 0 Å². The number of anilines is 1. The Kier molecular flexibility index (Phi) is 4.21. The van der Waals surface area contributed by atoms with Gasteiger partial charge in [-0.2, -0.15) is 0 Å². The quantitative estimate of drug-likeness (QED) is 0.874. The van der Waals surface area contributed by atoms with E-state index in [-0.39, 0.29) is 17.9 Å². The van der Waals surface area contributed by atoms with E-state index in [1.807, 2.05) is 32.0 Å². The molecule has 1 aliphatic carbocycles. The Bertz CT molecular complexity index is 770. The van der Waals surface area contributed by atoms with E-state index in [1.165, 1.54) is 0 Å². The van der Waals surface area contributed by atoms with Gasteiger partial charge in [-0.1, -0.05) is 5.16 Å². The number of aromatic nitrogens is 1. The molecule has 2 heterocycles. The van der Waals surface area contributed by atoms with Crippen LogP contribution in [0.5, 0.6) is 5.75 Å². The lowest BCUT2D eigenvalue weighted by molar-refractivity contribution is -0.117. The summed E-state index contributed by atoms with van der Waals surface area (Å²) < 4.78 is 11.6. The predicted molar refractivity (Wildman–Crippen MR) is 94.7 cm³/mol. The molecule has 4 rings (SSSR count). The van der Waals surface area contributed by atoms with Crippen molar-refractivity contribution in [3.8, 4) is 16.9 Å². The maximum absolute atomic E-state index is 12.1. The summed E-state index contributed by atoms with van der Waals surface area (Å²) in [4.78, 5) is 12.1. The Labute approximate surface area is 146 Å². The largest absolute Gasteiger partial charge is 0.488 e. The van der Waals surface area contributed by atoms with Crippen LogP contribution in [0.4, 0.5) is 5.69 Å². The van der Waals surface area contributed by atoms with Crippen molar-refractivity contribution in [2.75, 3.05) is 18.4 Å². The van der Waals surface area contributed by atoms with Gasteiger partial charge in [0.2, 0.25) is 5.91 Å². The molecular formula is C19H23N3O3. The molecule has 1 atom stereocenters. The average molecular weight is 341 g/mol. The molecule has 1 aromatic carbocycles. The molecule has 0 unspecified atom stereocenters. The SMILES string of the molecule is Cc1noc(C)c1-c1cc(NC(=O)C2CC2)ccc1O[C@H]1CCNC1. The van der Waals surface area contributed by atoms with E-state index in [0.717, 1.165) is 66.4 Å². The van der Waals surface area contributed by atoms with Crippen LogP contribution in [0, 0.1) is 19.8 Å². The second kappa shape index (κ2) is 6.52. The van der Waals surface area contributed by atoms with E-state index in [2.05, 4.69) is 15.8 Å². The minimum Gasteiger partial charge on any atom is -0.488 e. The van der Waals surface area contributed by atoms with Crippen LogP contribution in [0.1, 0.15) is 30.7 Å². The van der Waals surface area contributed by atoms with Crippen LogP contribution in [-0.4, -0.2) is 30.3 Å². The van der Waals surface area contributed by atoms with Crippen LogP contribution in [0.3, 0.4) is 0 Å². The van der Waals surface area contributed by atoms with Gasteiger partial charge in [0.05, 0.1) is 11.3 Å². The van der Waals surface area contributed by atoms with E-state index in [4.69, 9.17) is 9.26 Å². The van der Waals surface area contributed by atoms with E-state index < -0.39 is 0 Å². The summed E-state index contributed by atoms with van der Waals surface area (Å²) in [5.74, 6) is 1.81. The summed E-state index contributed by atoms with van der Waals surface area (Å²) in [6, 6.07) is 5.80. The molecule has 2 N–H and O–H groups in total. The molecule has 132 valence electrons. The molecule has 2 aliphatic rings. The lowest BCUT2D eigenvalue weighted by Crippen LogP contribution is -2.20. The summed E-state index contributed by atoms with van der Waals surface area (Å²) >= 11 is 0. The van der Waals surface area contributed by atoms with Crippen LogP contribution < -0.4 is 15.4 Å². The Morgan fingerprint density at radius 2 is 2.16 bits per heavy atom. The van der Waals surface area contributed by atoms with Gasteiger partial charge in [0.25, 0.3) is 0 Å². The van der Waals surface area contributed by atoms with E-state index >= 15 is 0 Å². The number of nitrogens with one attached hydrogen (secondary N) is 2. The maximum Gasteiger partial charge on any atom is 0.227 e. The van der Waals surface area contributed by atoms with Crippen molar-refractivity contribution in [1.82, 2.24) is 10.5 Å². The zero-order valence-corrected chi connectivity index (χ0v) is 14.6. The molecule has 0 spiro atoms. The van der Waals surface area contributed by atoms with Gasteiger partial charge in [-0.25, -0.2) is 0 Å². The fourth-order valence-electron chi connectivity index (χ4n) is 3.27. The highest BCUT2D eigenvalue weighted by molar-refractivity contribution is 5.95. The standard InChI is InChI=1S/C19H23N3O3/c1-11-18(12(2)25-22-11)16-9-14(21-19(23)13-3-4-13)5-6-17(16)24-15-7-8-20-10-15/h5-6,9,13,15,20H,3-4,7-8,10H2,1-2H3,(H,21,23)/t15-/m0/s1. The molecule has 1 saturated carbocycles. The Hall–Kier alpha value is -2.34. The zero-order valence-electron chi connectivity index (χ0n) is 14.6. The number of rotatable bonds is 5. The molecule has 6 heteroatoms. The third-order valence-corrected chi connectivity index (χ3v) is 4.81. The van der Waals surface area contributed by atoms with Crippen molar-refractivity contribution in [2.45, 2.75) is 39.2 Å². The summed E-state index contributed by atoms with van der Waals surface area (Å²) in [6.45, 7) is 5.63. The molecule has 6 nitrogen and oxygen atoms in total. The monoisotopic (exact) mass is 341 g/mol. The van der Waals surface area contributed by atoms with Crippen molar-refractivity contribution >= 4 is 11.6 Å². The first-order chi connectivity index (χ1) is 12.1. The lowest BCUT2D eigenvalue weighted by Gasteiger charge is -2.17. The van der Waals surface area contributed by atoms with Crippen molar-refractivity contribution in [3.63, 3.8) is 0 Å². The molecule has 1 aromatic heterocycles. The van der Waals surface area contributed by atoms with Crippen molar-refractivity contribution in [1.29, 1.82) is 0 Å². The maximum atomic E-state index is 12.1. The molecule has 2 fully saturated rings. The summed E-state index contributed by atoms with van der Waals surface area (Å²) in [5, 5.41) is 10.4. The van der Waals surface area contributed by atoms with Gasteiger partial charge in [-0.3, -0.25) is 4.79 Å². The minimum absolute atomic E-state index is 0.0957. The number of carbonyl (C=O) groups excluding carboxylic acids is 1. The van der Waals surface area contributed by atoms with Crippen LogP contribution in [0.25, 0.3) is 11.1 Å². The zero-order chi connectivity index (χ0) is 17.4. The number of aryl methyl sites for hydroxylation is 2. The number of hydrogen-bond acceptors (Lipinski definition) is 5. The van der Waals surface area contributed by atoms with Crippen molar-refractivity contribution in [3.05, 3.63) is 29.7 Å². The molecule has 0 radical (unpaired) electrons. The summed E-state index contributed by atoms with van der Waals surface area (Å²) in [6.07, 6.45) is 3.11. The third kappa shape index (κ3) is 3.39. The van der Waals surface area contributed by atoms with Crippen molar-refractivity contribution < 1.29 is 14.1 Å². The van der Waals surface area contributed by atoms with Gasteiger partial charge < -0.3 is 19.9 Å². The normalized spacial score (nSPS) is 19.8. The van der Waals surface area contributed by atoms with Gasteiger partial charge >= 0.3 is 0 Å². The van der Waals surface area contributed by atoms with Gasteiger partial charge in [-0.15, -0.1) is 0 Å². The third-order valence-electron chi connectivity index (χ3n) is 4.81. The molecule has 1 saturated heterocycles. The fraction of sp³-hybridized carbons (Fsp3) is 0.474. The highest BCUT2D eigenvalue weighted by Crippen LogP contribution is 2.38. The Morgan fingerprint density at radius 3 is 2.80 bits per heavy atom. The first-order valence-electron chi connectivity index (χ1n) is 8.87. The van der Waals surface area contributed by atoms with E-state index in [9.17, 15) is 4.79 Å². The van der Waals surface area contributed by atoms with Gasteiger partial charge in [0, 0.05) is 23.7 Å². The fourth-order valence-corrected chi connectivity index (χ4v) is 3.27. The summed E-state index contributed by atoms with van der Waals surface area (Å²) in [7, 11) is 0. The highest BCUT2D eigenvalue weighted by Gasteiger charge is 2.30. The van der Waals surface area contributed by atoms with E-state index in [0.29, 0.717) is 0 Å². The van der Waals surface area contributed by atoms with Crippen LogP contribution in [0.15, 0.2) is 22.7 Å². The van der Waals surface area contributed by atoms with Crippen molar-refractivity contribution in [2.24, 2.45) is 5.92 Å². The Balaban J connectivity index is 1.68. The van der Waals surface area contributed by atoms with Gasteiger partial charge in [0.15, 0.2) is 0 Å². The second-order valence-electron chi connectivity index (χ2n) is 6.91. The van der Waals surface area contributed by atoms with Gasteiger partial charge in [-0.05, 0) is 57.9 Å². The topological polar surface area (TPSA) is 76.4 Å². The number of nitrogens with zero attached hydrogens (tertiary/aromatic N) is 1. The first kappa shape index (κ1) is 16.1. The molecule has 0 bridgehead atoms. The second-order valence-corrected chi connectivity index (χ2v) is 6.91. The van der Waals surface area contributed by atoms with Crippen LogP contribution in [-0.2, 0) is 4.79 Å². The van der Waals surface area contributed by atoms with Gasteiger partial charge in [0.1, 0.15) is 17.6 Å². The number of carbonyl (C=O) groups is 1. The number of hydrogen-bond donors (Lipinski definition) is 2. The number of benzene rings is 1. The molecule has 25 heavy (non-hydrogen) atoms. The minimum atomic E-state index is 0.0957. The lowest BCUT2D eigenvalue weighted by atomic mass is 10.0. The molecule has 2 aromatic rings. The smallest absolute Gasteiger partial charge is 0.227 e. The predicted octanol–water partition coefficient (Wildman–Crippen LogP) is 3.05. The molecule has 1 aliphatic heterocycles. The highest BCUT2D eigenvalue weighted by atomic mass is 16.5. The molecule has 1 amide bonds. The Morgan fingerprint density at radius 1 is 1.32 bits per heavy atom. The summed E-state index contributed by atoms with van der Waals surface area (Å²) in [5.41, 5.74) is 3.45. The molecular weight excluding hydrogens is 318 g/mol. The number of amides is 1. The number of ether oxygens (including phenoxy) is 1. The van der Waals surface area contributed by atoms with E-state index in [1.54, 1.807) is 0 Å². The van der Waals surface area contributed by atoms with Crippen LogP contribution >= 0.6 is 0 Å². The first-order valence-corrected chi connectivity index (χ1v) is 8.87.